The van der Waals surface area contributed by atoms with Gasteiger partial charge >= 0.3 is 0 Å². The number of carbonyl (C=O) groups is 1. The van der Waals surface area contributed by atoms with Crippen molar-refractivity contribution in [2.75, 3.05) is 5.73 Å². The Bertz CT molecular complexity index is 660. The van der Waals surface area contributed by atoms with E-state index in [-0.39, 0.29) is 11.9 Å². The van der Waals surface area contributed by atoms with Gasteiger partial charge in [-0.05, 0) is 42.3 Å². The Labute approximate surface area is 137 Å². The fourth-order valence-electron chi connectivity index (χ4n) is 2.12. The van der Waals surface area contributed by atoms with Crippen molar-refractivity contribution in [1.82, 2.24) is 5.32 Å². The predicted octanol–water partition coefficient (Wildman–Crippen LogP) is 4.57. The third-order valence-electron chi connectivity index (χ3n) is 3.22. The molecule has 1 unspecified atom stereocenters. The van der Waals surface area contributed by atoms with Crippen LogP contribution in [0.1, 0.15) is 35.3 Å². The number of amides is 1. The molecule has 1 atom stereocenters. The second-order valence-electron chi connectivity index (χ2n) is 4.72. The first-order valence-corrected chi connectivity index (χ1v) is 7.79. The van der Waals surface area contributed by atoms with E-state index in [0.29, 0.717) is 16.3 Å². The van der Waals surface area contributed by atoms with Crippen molar-refractivity contribution in [3.63, 3.8) is 0 Å². The minimum atomic E-state index is -0.188. The smallest absolute Gasteiger partial charge is 0.253 e. The molecule has 0 saturated carbocycles. The van der Waals surface area contributed by atoms with Gasteiger partial charge in [0.05, 0.1) is 11.6 Å². The molecule has 5 heteroatoms. The molecule has 0 aliphatic rings. The molecule has 3 nitrogen and oxygen atoms in total. The van der Waals surface area contributed by atoms with Gasteiger partial charge in [-0.15, -0.1) is 0 Å². The number of anilines is 1. The minimum absolute atomic E-state index is 0.0979. The monoisotopic (exact) mass is 366 g/mol. The zero-order valence-corrected chi connectivity index (χ0v) is 13.9. The number of halogens is 2. The van der Waals surface area contributed by atoms with Gasteiger partial charge in [0.25, 0.3) is 5.91 Å². The van der Waals surface area contributed by atoms with Crippen LogP contribution in [-0.4, -0.2) is 5.91 Å². The predicted molar refractivity (Wildman–Crippen MR) is 90.5 cm³/mol. The Balaban J connectivity index is 2.20. The van der Waals surface area contributed by atoms with Crippen molar-refractivity contribution in [3.8, 4) is 0 Å². The van der Waals surface area contributed by atoms with Gasteiger partial charge in [-0.3, -0.25) is 4.79 Å². The minimum Gasteiger partial charge on any atom is -0.398 e. The molecule has 3 N–H and O–H groups in total. The van der Waals surface area contributed by atoms with Crippen LogP contribution >= 0.6 is 27.5 Å². The van der Waals surface area contributed by atoms with E-state index in [1.807, 2.05) is 31.2 Å². The van der Waals surface area contributed by atoms with Crippen LogP contribution in [0, 0.1) is 0 Å². The summed E-state index contributed by atoms with van der Waals surface area (Å²) in [5.41, 5.74) is 7.79. The van der Waals surface area contributed by atoms with E-state index < -0.39 is 0 Å². The summed E-state index contributed by atoms with van der Waals surface area (Å²) in [4.78, 5) is 12.4. The van der Waals surface area contributed by atoms with Crippen LogP contribution in [0.15, 0.2) is 46.9 Å². The van der Waals surface area contributed by atoms with Crippen LogP contribution < -0.4 is 11.1 Å². The van der Waals surface area contributed by atoms with Crippen molar-refractivity contribution in [2.24, 2.45) is 0 Å². The maximum atomic E-state index is 12.4. The number of nitrogens with one attached hydrogen (secondary N) is 1. The molecule has 2 aromatic carbocycles. The van der Waals surface area contributed by atoms with Crippen LogP contribution in [0.4, 0.5) is 5.69 Å². The summed E-state index contributed by atoms with van der Waals surface area (Å²) in [6.45, 7) is 2.01. The average molecular weight is 368 g/mol. The van der Waals surface area contributed by atoms with Gasteiger partial charge in [-0.25, -0.2) is 0 Å². The molecule has 21 heavy (non-hydrogen) atoms. The molecular formula is C16H16BrClN2O. The summed E-state index contributed by atoms with van der Waals surface area (Å²) in [5.74, 6) is -0.188. The lowest BCUT2D eigenvalue weighted by Crippen LogP contribution is -2.28. The van der Waals surface area contributed by atoms with E-state index in [1.165, 1.54) is 0 Å². The molecule has 1 amide bonds. The molecule has 2 rings (SSSR count). The highest BCUT2D eigenvalue weighted by molar-refractivity contribution is 9.10. The second-order valence-corrected chi connectivity index (χ2v) is 6.07. The first-order chi connectivity index (χ1) is 10.0. The lowest BCUT2D eigenvalue weighted by atomic mass is 10.0. The third-order valence-corrected chi connectivity index (χ3v) is 3.95. The van der Waals surface area contributed by atoms with Crippen molar-refractivity contribution < 1.29 is 4.79 Å². The van der Waals surface area contributed by atoms with Crippen LogP contribution in [0.5, 0.6) is 0 Å². The van der Waals surface area contributed by atoms with E-state index in [0.717, 1.165) is 16.5 Å². The standard InChI is InChI=1S/C16H16BrClN2O/c1-2-15(10-4-3-5-12(18)8-10)20-16(21)13-7-6-11(17)9-14(13)19/h3-9,15H,2,19H2,1H3,(H,20,21). The number of hydrogen-bond acceptors (Lipinski definition) is 2. The van der Waals surface area contributed by atoms with Gasteiger partial charge < -0.3 is 11.1 Å². The Morgan fingerprint density at radius 1 is 1.33 bits per heavy atom. The molecular weight excluding hydrogens is 352 g/mol. The van der Waals surface area contributed by atoms with Crippen LogP contribution in [0.2, 0.25) is 5.02 Å². The van der Waals surface area contributed by atoms with Crippen molar-refractivity contribution in [2.45, 2.75) is 19.4 Å². The van der Waals surface area contributed by atoms with Crippen LogP contribution in [-0.2, 0) is 0 Å². The molecule has 0 aromatic heterocycles. The molecule has 110 valence electrons. The molecule has 0 bridgehead atoms. The number of carbonyl (C=O) groups excluding carboxylic acids is 1. The number of rotatable bonds is 4. The third kappa shape index (κ3) is 3.99. The SMILES string of the molecule is CCC(NC(=O)c1ccc(Br)cc1N)c1cccc(Cl)c1. The van der Waals surface area contributed by atoms with E-state index in [1.54, 1.807) is 18.2 Å². The molecule has 0 saturated heterocycles. The molecule has 0 heterocycles. The van der Waals surface area contributed by atoms with E-state index >= 15 is 0 Å². The zero-order chi connectivity index (χ0) is 15.4. The number of nitrogen functional groups attached to an aromatic ring is 1. The summed E-state index contributed by atoms with van der Waals surface area (Å²) in [6, 6.07) is 12.6. The van der Waals surface area contributed by atoms with Gasteiger partial charge in [-0.2, -0.15) is 0 Å². The Morgan fingerprint density at radius 2 is 2.10 bits per heavy atom. The van der Waals surface area contributed by atoms with E-state index in [9.17, 15) is 4.79 Å². The number of hydrogen-bond donors (Lipinski definition) is 2. The number of nitrogens with two attached hydrogens (primary N) is 1. The van der Waals surface area contributed by atoms with Gasteiger partial charge in [0.1, 0.15) is 0 Å². The lowest BCUT2D eigenvalue weighted by molar-refractivity contribution is 0.0936. The van der Waals surface area contributed by atoms with Crippen molar-refractivity contribution >= 4 is 39.1 Å². The fourth-order valence-corrected chi connectivity index (χ4v) is 2.70. The van der Waals surface area contributed by atoms with Crippen molar-refractivity contribution in [3.05, 3.63) is 63.1 Å². The highest BCUT2D eigenvalue weighted by atomic mass is 79.9. The molecule has 0 aliphatic carbocycles. The Morgan fingerprint density at radius 3 is 2.71 bits per heavy atom. The molecule has 2 aromatic rings. The average Bonchev–Trinajstić information content (AvgIpc) is 2.44. The topological polar surface area (TPSA) is 55.1 Å². The lowest BCUT2D eigenvalue weighted by Gasteiger charge is -2.18. The van der Waals surface area contributed by atoms with E-state index in [4.69, 9.17) is 17.3 Å². The van der Waals surface area contributed by atoms with Crippen molar-refractivity contribution in [1.29, 1.82) is 0 Å². The molecule has 0 fully saturated rings. The van der Waals surface area contributed by atoms with Gasteiger partial charge in [0.2, 0.25) is 0 Å². The quantitative estimate of drug-likeness (QED) is 0.778. The van der Waals surface area contributed by atoms with Crippen LogP contribution in [0.3, 0.4) is 0 Å². The highest BCUT2D eigenvalue weighted by Crippen LogP contribution is 2.23. The maximum absolute atomic E-state index is 12.4. The highest BCUT2D eigenvalue weighted by Gasteiger charge is 2.16. The summed E-state index contributed by atoms with van der Waals surface area (Å²) in [6.07, 6.45) is 0.766. The molecule has 0 spiro atoms. The Kier molecular flexibility index (Phi) is 5.26. The van der Waals surface area contributed by atoms with Gasteiger partial charge in [0, 0.05) is 15.2 Å². The summed E-state index contributed by atoms with van der Waals surface area (Å²) >= 11 is 9.33. The maximum Gasteiger partial charge on any atom is 0.253 e. The largest absolute Gasteiger partial charge is 0.398 e. The molecule has 0 aliphatic heterocycles. The summed E-state index contributed by atoms with van der Waals surface area (Å²) in [5, 5.41) is 3.65. The Hall–Kier alpha value is -1.52. The first-order valence-electron chi connectivity index (χ1n) is 6.62. The summed E-state index contributed by atoms with van der Waals surface area (Å²) in [7, 11) is 0. The van der Waals surface area contributed by atoms with Gasteiger partial charge in [0.15, 0.2) is 0 Å². The second kappa shape index (κ2) is 6.96. The molecule has 0 radical (unpaired) electrons. The summed E-state index contributed by atoms with van der Waals surface area (Å²) < 4.78 is 0.846. The van der Waals surface area contributed by atoms with Gasteiger partial charge in [-0.1, -0.05) is 46.6 Å². The fraction of sp³-hybridized carbons (Fsp3) is 0.188. The van der Waals surface area contributed by atoms with Crippen LogP contribution in [0.25, 0.3) is 0 Å². The normalized spacial score (nSPS) is 12.0. The number of benzene rings is 2. The van der Waals surface area contributed by atoms with E-state index in [2.05, 4.69) is 21.2 Å². The zero-order valence-electron chi connectivity index (χ0n) is 11.6. The first kappa shape index (κ1) is 15.9.